The van der Waals surface area contributed by atoms with Gasteiger partial charge in [-0.1, -0.05) is 19.8 Å². The van der Waals surface area contributed by atoms with Crippen LogP contribution in [0.3, 0.4) is 0 Å². The summed E-state index contributed by atoms with van der Waals surface area (Å²) in [6.07, 6.45) is 6.18. The van der Waals surface area contributed by atoms with E-state index < -0.39 is 0 Å². The zero-order chi connectivity index (χ0) is 13.8. The summed E-state index contributed by atoms with van der Waals surface area (Å²) in [5.74, 6) is 1.04. The van der Waals surface area contributed by atoms with Crippen molar-refractivity contribution in [2.75, 3.05) is 13.1 Å². The Morgan fingerprint density at radius 1 is 1.47 bits per heavy atom. The molecule has 0 saturated carbocycles. The number of thiophene rings is 1. The van der Waals surface area contributed by atoms with Gasteiger partial charge in [0.2, 0.25) is 0 Å². The van der Waals surface area contributed by atoms with Crippen LogP contribution in [0.4, 0.5) is 0 Å². The monoisotopic (exact) mass is 343 g/mol. The molecule has 1 aliphatic rings. The summed E-state index contributed by atoms with van der Waals surface area (Å²) in [5, 5.41) is 0. The minimum atomic E-state index is 0.218. The van der Waals surface area contributed by atoms with Crippen LogP contribution in [0, 0.1) is 12.8 Å². The predicted molar refractivity (Wildman–Crippen MR) is 84.9 cm³/mol. The zero-order valence-corrected chi connectivity index (χ0v) is 14.1. The molecule has 4 heteroatoms. The highest BCUT2D eigenvalue weighted by Gasteiger charge is 2.22. The number of halogens is 1. The molecule has 106 valence electrons. The maximum Gasteiger partial charge on any atom is 0.263 e. The van der Waals surface area contributed by atoms with Gasteiger partial charge in [-0.15, -0.1) is 11.3 Å². The molecule has 1 saturated heterocycles. The second-order valence-electron chi connectivity index (χ2n) is 5.45. The van der Waals surface area contributed by atoms with E-state index in [1.807, 2.05) is 17.9 Å². The van der Waals surface area contributed by atoms with Gasteiger partial charge in [-0.3, -0.25) is 4.79 Å². The number of hydrogen-bond donors (Lipinski definition) is 0. The molecule has 1 aromatic rings. The van der Waals surface area contributed by atoms with Crippen LogP contribution in [0.2, 0.25) is 0 Å². The first-order valence-electron chi connectivity index (χ1n) is 7.17. The SMILES string of the molecule is CCCC1CCCN(C(=O)c2cc(C)c(Br)s2)CC1. The maximum absolute atomic E-state index is 12.5. The van der Waals surface area contributed by atoms with Crippen molar-refractivity contribution in [3.63, 3.8) is 0 Å². The van der Waals surface area contributed by atoms with Crippen molar-refractivity contribution in [2.45, 2.75) is 46.0 Å². The first kappa shape index (κ1) is 15.0. The van der Waals surface area contributed by atoms with Gasteiger partial charge in [0.25, 0.3) is 5.91 Å². The number of amides is 1. The molecule has 1 amide bonds. The molecular weight excluding hydrogens is 322 g/mol. The minimum absolute atomic E-state index is 0.218. The van der Waals surface area contributed by atoms with Crippen LogP contribution in [0.15, 0.2) is 9.85 Å². The topological polar surface area (TPSA) is 20.3 Å². The number of aryl methyl sites for hydroxylation is 1. The molecule has 1 fully saturated rings. The summed E-state index contributed by atoms with van der Waals surface area (Å²) >= 11 is 5.06. The van der Waals surface area contributed by atoms with Gasteiger partial charge < -0.3 is 4.90 Å². The summed E-state index contributed by atoms with van der Waals surface area (Å²) in [6.45, 7) is 6.14. The lowest BCUT2D eigenvalue weighted by molar-refractivity contribution is 0.0764. The fraction of sp³-hybridized carbons (Fsp3) is 0.667. The lowest BCUT2D eigenvalue weighted by Gasteiger charge is -2.19. The van der Waals surface area contributed by atoms with Crippen LogP contribution < -0.4 is 0 Å². The van der Waals surface area contributed by atoms with E-state index in [-0.39, 0.29) is 5.91 Å². The quantitative estimate of drug-likeness (QED) is 0.767. The lowest BCUT2D eigenvalue weighted by atomic mass is 9.96. The Balaban J connectivity index is 1.99. The Kier molecular flexibility index (Phi) is 5.46. The summed E-state index contributed by atoms with van der Waals surface area (Å²) in [6, 6.07) is 2.01. The molecule has 2 rings (SSSR count). The summed E-state index contributed by atoms with van der Waals surface area (Å²) in [7, 11) is 0. The Labute approximate surface area is 128 Å². The molecule has 0 N–H and O–H groups in total. The summed E-state index contributed by atoms with van der Waals surface area (Å²) in [5.41, 5.74) is 1.16. The molecule has 2 nitrogen and oxygen atoms in total. The largest absolute Gasteiger partial charge is 0.338 e. The molecule has 1 atom stereocenters. The van der Waals surface area contributed by atoms with Gasteiger partial charge in [0, 0.05) is 13.1 Å². The third-order valence-corrected chi connectivity index (χ3v) is 6.02. The molecule has 19 heavy (non-hydrogen) atoms. The fourth-order valence-corrected chi connectivity index (χ4v) is 4.29. The molecule has 1 unspecified atom stereocenters. The van der Waals surface area contributed by atoms with E-state index in [2.05, 4.69) is 22.9 Å². The minimum Gasteiger partial charge on any atom is -0.338 e. The second-order valence-corrected chi connectivity index (χ2v) is 7.82. The van der Waals surface area contributed by atoms with Crippen LogP contribution in [0.25, 0.3) is 0 Å². The Bertz CT molecular complexity index is 424. The third-order valence-electron chi connectivity index (χ3n) is 3.90. The van der Waals surface area contributed by atoms with Crippen molar-refractivity contribution in [2.24, 2.45) is 5.92 Å². The van der Waals surface area contributed by atoms with E-state index in [9.17, 15) is 4.79 Å². The molecule has 0 bridgehead atoms. The number of carbonyl (C=O) groups is 1. The van der Waals surface area contributed by atoms with Gasteiger partial charge in [0.15, 0.2) is 0 Å². The van der Waals surface area contributed by atoms with E-state index in [4.69, 9.17) is 0 Å². The van der Waals surface area contributed by atoms with E-state index >= 15 is 0 Å². The molecule has 0 spiro atoms. The van der Waals surface area contributed by atoms with Crippen molar-refractivity contribution in [1.82, 2.24) is 4.90 Å². The highest BCUT2D eigenvalue weighted by molar-refractivity contribution is 9.11. The van der Waals surface area contributed by atoms with Gasteiger partial charge >= 0.3 is 0 Å². The molecule has 1 aromatic heterocycles. The summed E-state index contributed by atoms with van der Waals surface area (Å²) < 4.78 is 1.08. The molecular formula is C15H22BrNOS. The average Bonchev–Trinajstić information content (AvgIpc) is 2.61. The third kappa shape index (κ3) is 3.82. The zero-order valence-electron chi connectivity index (χ0n) is 11.7. The van der Waals surface area contributed by atoms with Crippen molar-refractivity contribution >= 4 is 33.2 Å². The number of nitrogens with zero attached hydrogens (tertiary/aromatic N) is 1. The first-order valence-corrected chi connectivity index (χ1v) is 8.78. The standard InChI is InChI=1S/C15H22BrNOS/c1-3-5-12-6-4-8-17(9-7-12)15(18)13-10-11(2)14(16)19-13/h10,12H,3-9H2,1-2H3. The fourth-order valence-electron chi connectivity index (χ4n) is 2.79. The smallest absolute Gasteiger partial charge is 0.263 e. The van der Waals surface area contributed by atoms with E-state index in [1.165, 1.54) is 25.7 Å². The second kappa shape index (κ2) is 6.89. The number of likely N-dealkylation sites (tertiary alicyclic amines) is 1. The number of carbonyl (C=O) groups excluding carboxylic acids is 1. The lowest BCUT2D eigenvalue weighted by Crippen LogP contribution is -2.31. The van der Waals surface area contributed by atoms with Crippen LogP contribution in [0.1, 0.15) is 54.3 Å². The van der Waals surface area contributed by atoms with E-state index in [0.29, 0.717) is 0 Å². The molecule has 0 radical (unpaired) electrons. The van der Waals surface area contributed by atoms with Crippen LogP contribution >= 0.6 is 27.3 Å². The first-order chi connectivity index (χ1) is 9.11. The van der Waals surface area contributed by atoms with Gasteiger partial charge in [0.05, 0.1) is 8.66 Å². The molecule has 2 heterocycles. The van der Waals surface area contributed by atoms with E-state index in [0.717, 1.165) is 39.7 Å². The van der Waals surface area contributed by atoms with Gasteiger partial charge in [-0.2, -0.15) is 0 Å². The Morgan fingerprint density at radius 2 is 2.26 bits per heavy atom. The maximum atomic E-state index is 12.5. The van der Waals surface area contributed by atoms with Crippen LogP contribution in [-0.4, -0.2) is 23.9 Å². The number of hydrogen-bond acceptors (Lipinski definition) is 2. The van der Waals surface area contributed by atoms with Crippen molar-refractivity contribution in [3.8, 4) is 0 Å². The Morgan fingerprint density at radius 3 is 2.89 bits per heavy atom. The molecule has 1 aliphatic heterocycles. The highest BCUT2D eigenvalue weighted by atomic mass is 79.9. The van der Waals surface area contributed by atoms with E-state index in [1.54, 1.807) is 11.3 Å². The van der Waals surface area contributed by atoms with Crippen molar-refractivity contribution in [3.05, 3.63) is 20.3 Å². The highest BCUT2D eigenvalue weighted by Crippen LogP contribution is 2.29. The Hall–Kier alpha value is -0.350. The average molecular weight is 344 g/mol. The van der Waals surface area contributed by atoms with Gasteiger partial charge in [-0.05, 0) is 59.7 Å². The normalized spacial score (nSPS) is 20.4. The summed E-state index contributed by atoms with van der Waals surface area (Å²) in [4.78, 5) is 15.4. The van der Waals surface area contributed by atoms with Crippen LogP contribution in [0.5, 0.6) is 0 Å². The van der Waals surface area contributed by atoms with Crippen molar-refractivity contribution < 1.29 is 4.79 Å². The molecule has 0 aliphatic carbocycles. The van der Waals surface area contributed by atoms with Crippen LogP contribution in [-0.2, 0) is 0 Å². The van der Waals surface area contributed by atoms with Crippen molar-refractivity contribution in [1.29, 1.82) is 0 Å². The van der Waals surface area contributed by atoms with Gasteiger partial charge in [-0.25, -0.2) is 0 Å². The van der Waals surface area contributed by atoms with Gasteiger partial charge in [0.1, 0.15) is 0 Å². The number of rotatable bonds is 3. The predicted octanol–water partition coefficient (Wildman–Crippen LogP) is 4.86. The molecule has 0 aromatic carbocycles.